The standard InChI is InChI=1S/C35H31F2N3O6S/c1-38-34(42)32-28-19-27(26-18-22(10-15-29(26)37)35(43)40(25-13-14-25)24-6-3-2-4-7-24)30(39-47(44,45)17-5-16-41)20-31(28)46-33(32)21-8-11-23(36)12-9-21/h2-4,6-12,15,18-20,25,39,41H,5,13-14,16-17H2,1H3,(H,38,42). The molecule has 1 aromatic heterocycles. The molecule has 6 rings (SSSR count). The second-order valence-electron chi connectivity index (χ2n) is 11.2. The van der Waals surface area contributed by atoms with Crippen molar-refractivity contribution in [3.63, 3.8) is 0 Å². The Morgan fingerprint density at radius 1 is 0.957 bits per heavy atom. The number of para-hydroxylation sites is 1. The van der Waals surface area contributed by atoms with Crippen molar-refractivity contribution < 1.29 is 36.3 Å². The Balaban J connectivity index is 1.55. The molecule has 1 heterocycles. The fourth-order valence-electron chi connectivity index (χ4n) is 5.50. The number of fused-ring (bicyclic) bond motifs is 1. The zero-order valence-corrected chi connectivity index (χ0v) is 26.1. The average Bonchev–Trinajstić information content (AvgIpc) is 3.83. The maximum absolute atomic E-state index is 15.8. The number of rotatable bonds is 11. The highest BCUT2D eigenvalue weighted by Crippen LogP contribution is 2.41. The van der Waals surface area contributed by atoms with Crippen LogP contribution in [0.3, 0.4) is 0 Å². The minimum Gasteiger partial charge on any atom is -0.455 e. The van der Waals surface area contributed by atoms with Crippen LogP contribution in [0, 0.1) is 11.6 Å². The minimum absolute atomic E-state index is 0.00502. The Bertz CT molecular complexity index is 2080. The van der Waals surface area contributed by atoms with E-state index in [1.165, 1.54) is 55.6 Å². The van der Waals surface area contributed by atoms with Gasteiger partial charge in [0, 0.05) is 59.1 Å². The number of carbonyl (C=O) groups is 2. The van der Waals surface area contributed by atoms with Gasteiger partial charge in [-0.3, -0.25) is 14.3 Å². The smallest absolute Gasteiger partial charge is 0.258 e. The van der Waals surface area contributed by atoms with Crippen LogP contribution in [-0.2, 0) is 10.0 Å². The molecule has 47 heavy (non-hydrogen) atoms. The molecule has 0 spiro atoms. The zero-order chi connectivity index (χ0) is 33.3. The first-order chi connectivity index (χ1) is 22.6. The van der Waals surface area contributed by atoms with Crippen molar-refractivity contribution in [2.24, 2.45) is 0 Å². The molecule has 1 fully saturated rings. The van der Waals surface area contributed by atoms with Crippen LogP contribution >= 0.6 is 0 Å². The van der Waals surface area contributed by atoms with E-state index in [1.807, 2.05) is 30.3 Å². The van der Waals surface area contributed by atoms with E-state index in [0.717, 1.165) is 18.9 Å². The molecular weight excluding hydrogens is 628 g/mol. The molecule has 1 aliphatic carbocycles. The van der Waals surface area contributed by atoms with Crippen molar-refractivity contribution in [3.05, 3.63) is 108 Å². The first kappa shape index (κ1) is 31.9. The third-order valence-corrected chi connectivity index (χ3v) is 9.25. The molecule has 5 aromatic rings. The van der Waals surface area contributed by atoms with Crippen LogP contribution in [0.15, 0.2) is 89.3 Å². The van der Waals surface area contributed by atoms with E-state index in [2.05, 4.69) is 10.0 Å². The van der Waals surface area contributed by atoms with Gasteiger partial charge >= 0.3 is 0 Å². The molecule has 0 radical (unpaired) electrons. The first-order valence-electron chi connectivity index (χ1n) is 15.0. The number of aliphatic hydroxyl groups excluding tert-OH is 1. The maximum Gasteiger partial charge on any atom is 0.258 e. The Morgan fingerprint density at radius 2 is 1.68 bits per heavy atom. The van der Waals surface area contributed by atoms with Gasteiger partial charge in [-0.05, 0) is 79.9 Å². The van der Waals surface area contributed by atoms with Gasteiger partial charge < -0.3 is 19.7 Å². The van der Waals surface area contributed by atoms with Gasteiger partial charge in [0.05, 0.1) is 17.0 Å². The summed E-state index contributed by atoms with van der Waals surface area (Å²) >= 11 is 0. The fraction of sp³-hybridized carbons (Fsp3) is 0.200. The van der Waals surface area contributed by atoms with Crippen molar-refractivity contribution in [1.29, 1.82) is 0 Å². The van der Waals surface area contributed by atoms with Gasteiger partial charge in [-0.25, -0.2) is 17.2 Å². The van der Waals surface area contributed by atoms with Crippen LogP contribution in [-0.4, -0.2) is 50.8 Å². The van der Waals surface area contributed by atoms with Gasteiger partial charge in [-0.2, -0.15) is 0 Å². The van der Waals surface area contributed by atoms with Gasteiger partial charge in [0.1, 0.15) is 23.0 Å². The van der Waals surface area contributed by atoms with Crippen molar-refractivity contribution in [3.8, 4) is 22.5 Å². The fourth-order valence-corrected chi connectivity index (χ4v) is 6.61. The molecule has 9 nitrogen and oxygen atoms in total. The van der Waals surface area contributed by atoms with E-state index in [4.69, 9.17) is 4.42 Å². The lowest BCUT2D eigenvalue weighted by Crippen LogP contribution is -2.33. The molecular formula is C35H31F2N3O6S. The van der Waals surface area contributed by atoms with Gasteiger partial charge in [0.25, 0.3) is 11.8 Å². The van der Waals surface area contributed by atoms with Gasteiger partial charge in [-0.15, -0.1) is 0 Å². The number of hydrogen-bond acceptors (Lipinski definition) is 6. The second-order valence-corrected chi connectivity index (χ2v) is 13.1. The number of benzene rings is 4. The van der Waals surface area contributed by atoms with E-state index in [-0.39, 0.29) is 69.6 Å². The van der Waals surface area contributed by atoms with Crippen LogP contribution < -0.4 is 14.9 Å². The summed E-state index contributed by atoms with van der Waals surface area (Å²) in [6, 6.07) is 21.1. The quantitative estimate of drug-likeness (QED) is 0.152. The van der Waals surface area contributed by atoms with Crippen LogP contribution in [0.1, 0.15) is 40.0 Å². The summed E-state index contributed by atoms with van der Waals surface area (Å²) in [5.74, 6) is -2.45. The van der Waals surface area contributed by atoms with E-state index in [0.29, 0.717) is 11.3 Å². The van der Waals surface area contributed by atoms with Crippen LogP contribution in [0.2, 0.25) is 0 Å². The van der Waals surface area contributed by atoms with E-state index in [1.54, 1.807) is 4.90 Å². The number of hydrogen-bond donors (Lipinski definition) is 3. The molecule has 4 aromatic carbocycles. The summed E-state index contributed by atoms with van der Waals surface area (Å²) in [6.07, 6.45) is 1.60. The lowest BCUT2D eigenvalue weighted by Gasteiger charge is -2.23. The molecule has 0 saturated heterocycles. The van der Waals surface area contributed by atoms with E-state index in [9.17, 15) is 27.5 Å². The largest absolute Gasteiger partial charge is 0.455 e. The summed E-state index contributed by atoms with van der Waals surface area (Å²) < 4.78 is 64.2. The topological polar surface area (TPSA) is 129 Å². The highest BCUT2D eigenvalue weighted by molar-refractivity contribution is 7.92. The molecule has 1 saturated carbocycles. The number of nitrogens with zero attached hydrogens (tertiary/aromatic N) is 1. The third kappa shape index (κ3) is 6.60. The van der Waals surface area contributed by atoms with E-state index >= 15 is 4.39 Å². The number of sulfonamides is 1. The van der Waals surface area contributed by atoms with Crippen molar-refractivity contribution in [2.75, 3.05) is 29.0 Å². The summed E-state index contributed by atoms with van der Waals surface area (Å²) in [4.78, 5) is 28.8. The molecule has 0 atom stereocenters. The highest BCUT2D eigenvalue weighted by Gasteiger charge is 2.35. The number of carbonyl (C=O) groups excluding carboxylic acids is 2. The third-order valence-electron chi connectivity index (χ3n) is 7.89. The molecule has 0 unspecified atom stereocenters. The lowest BCUT2D eigenvalue weighted by atomic mass is 9.96. The number of furan rings is 1. The summed E-state index contributed by atoms with van der Waals surface area (Å²) in [5, 5.41) is 12.0. The number of halogens is 2. The van der Waals surface area contributed by atoms with E-state index < -0.39 is 33.3 Å². The first-order valence-corrected chi connectivity index (χ1v) is 16.6. The minimum atomic E-state index is -4.04. The zero-order valence-electron chi connectivity index (χ0n) is 25.3. The molecule has 3 N–H and O–H groups in total. The number of nitrogens with one attached hydrogen (secondary N) is 2. The maximum atomic E-state index is 15.8. The lowest BCUT2D eigenvalue weighted by molar-refractivity contribution is 0.0962. The monoisotopic (exact) mass is 659 g/mol. The Labute approximate surface area is 269 Å². The number of amides is 2. The van der Waals surface area contributed by atoms with Crippen molar-refractivity contribution in [2.45, 2.75) is 25.3 Å². The number of aliphatic hydroxyl groups is 1. The molecule has 12 heteroatoms. The Morgan fingerprint density at radius 3 is 2.34 bits per heavy atom. The Kier molecular flexibility index (Phi) is 8.80. The van der Waals surface area contributed by atoms with Crippen molar-refractivity contribution >= 4 is 44.2 Å². The SMILES string of the molecule is CNC(=O)c1c(-c2ccc(F)cc2)oc2cc(NS(=O)(=O)CCCO)c(-c3cc(C(=O)N(c4ccccc4)C4CC4)ccc3F)cc12. The second kappa shape index (κ2) is 13.0. The van der Waals surface area contributed by atoms with Crippen LogP contribution in [0.25, 0.3) is 33.4 Å². The molecule has 1 aliphatic rings. The number of anilines is 2. The summed E-state index contributed by atoms with van der Waals surface area (Å²) in [5.41, 5.74) is 1.32. The summed E-state index contributed by atoms with van der Waals surface area (Å²) in [7, 11) is -2.62. The molecule has 242 valence electrons. The van der Waals surface area contributed by atoms with Gasteiger partial charge in [0.2, 0.25) is 10.0 Å². The molecule has 0 aliphatic heterocycles. The highest BCUT2D eigenvalue weighted by atomic mass is 32.2. The predicted molar refractivity (Wildman–Crippen MR) is 176 cm³/mol. The van der Waals surface area contributed by atoms with Crippen LogP contribution in [0.5, 0.6) is 0 Å². The van der Waals surface area contributed by atoms with Gasteiger partial charge in [-0.1, -0.05) is 18.2 Å². The average molecular weight is 660 g/mol. The van der Waals surface area contributed by atoms with Crippen molar-refractivity contribution in [1.82, 2.24) is 5.32 Å². The molecule has 2 amide bonds. The predicted octanol–water partition coefficient (Wildman–Crippen LogP) is 6.34. The summed E-state index contributed by atoms with van der Waals surface area (Å²) in [6.45, 7) is -0.362. The molecule has 0 bridgehead atoms. The Hall–Kier alpha value is -5.07. The van der Waals surface area contributed by atoms with Gasteiger partial charge in [0.15, 0.2) is 0 Å². The normalized spacial score (nSPS) is 13.0. The van der Waals surface area contributed by atoms with Crippen LogP contribution in [0.4, 0.5) is 20.2 Å².